The standard InChI is InChI=1S/C15H23NO/c1-4-12(3)11-17-15-8-6-7-13(10-15)9-14(16)5-2/h6-8,10,14H,3-5,9,11,16H2,1-2H3. The van der Waals surface area contributed by atoms with Crippen molar-refractivity contribution < 1.29 is 4.74 Å². The number of hydrogen-bond donors (Lipinski definition) is 1. The van der Waals surface area contributed by atoms with E-state index in [1.807, 2.05) is 12.1 Å². The summed E-state index contributed by atoms with van der Waals surface area (Å²) in [5.74, 6) is 0.903. The third-order valence-electron chi connectivity index (χ3n) is 2.86. The molecule has 2 heteroatoms. The lowest BCUT2D eigenvalue weighted by atomic mass is 10.0. The van der Waals surface area contributed by atoms with Crippen molar-refractivity contribution in [1.29, 1.82) is 0 Å². The van der Waals surface area contributed by atoms with E-state index >= 15 is 0 Å². The van der Waals surface area contributed by atoms with E-state index in [1.165, 1.54) is 5.56 Å². The van der Waals surface area contributed by atoms with Crippen LogP contribution in [-0.4, -0.2) is 12.6 Å². The van der Waals surface area contributed by atoms with Gasteiger partial charge in [0.05, 0.1) is 0 Å². The first-order valence-corrected chi connectivity index (χ1v) is 6.29. The summed E-state index contributed by atoms with van der Waals surface area (Å²) < 4.78 is 5.67. The Morgan fingerprint density at radius 3 is 2.82 bits per heavy atom. The van der Waals surface area contributed by atoms with Gasteiger partial charge in [-0.05, 0) is 42.5 Å². The Balaban J connectivity index is 2.56. The Labute approximate surface area is 104 Å². The first kappa shape index (κ1) is 13.8. The highest BCUT2D eigenvalue weighted by atomic mass is 16.5. The SMILES string of the molecule is C=C(CC)COc1cccc(CC(N)CC)c1. The monoisotopic (exact) mass is 233 g/mol. The molecular weight excluding hydrogens is 210 g/mol. The van der Waals surface area contributed by atoms with Crippen LogP contribution in [0.25, 0.3) is 0 Å². The van der Waals surface area contributed by atoms with E-state index in [1.54, 1.807) is 0 Å². The molecule has 0 radical (unpaired) electrons. The molecule has 1 unspecified atom stereocenters. The molecule has 0 heterocycles. The number of ether oxygens (including phenoxy) is 1. The smallest absolute Gasteiger partial charge is 0.120 e. The maximum atomic E-state index is 5.94. The average molecular weight is 233 g/mol. The van der Waals surface area contributed by atoms with Crippen LogP contribution in [0.2, 0.25) is 0 Å². The molecule has 2 N–H and O–H groups in total. The quantitative estimate of drug-likeness (QED) is 0.733. The van der Waals surface area contributed by atoms with Gasteiger partial charge in [0.25, 0.3) is 0 Å². The van der Waals surface area contributed by atoms with Gasteiger partial charge in [-0.25, -0.2) is 0 Å². The highest BCUT2D eigenvalue weighted by molar-refractivity contribution is 5.29. The van der Waals surface area contributed by atoms with Gasteiger partial charge in [0.1, 0.15) is 12.4 Å². The summed E-state index contributed by atoms with van der Waals surface area (Å²) in [7, 11) is 0. The van der Waals surface area contributed by atoms with Crippen molar-refractivity contribution in [3.8, 4) is 5.75 Å². The van der Waals surface area contributed by atoms with Crippen molar-refractivity contribution in [2.45, 2.75) is 39.2 Å². The normalized spacial score (nSPS) is 12.2. The van der Waals surface area contributed by atoms with Crippen LogP contribution in [0, 0.1) is 0 Å². The number of hydrogen-bond acceptors (Lipinski definition) is 2. The van der Waals surface area contributed by atoms with Gasteiger partial charge >= 0.3 is 0 Å². The van der Waals surface area contributed by atoms with Crippen LogP contribution in [0.1, 0.15) is 32.3 Å². The minimum absolute atomic E-state index is 0.232. The maximum absolute atomic E-state index is 5.94. The van der Waals surface area contributed by atoms with E-state index in [4.69, 9.17) is 10.5 Å². The Bertz CT molecular complexity index is 360. The molecule has 0 aliphatic carbocycles. The zero-order chi connectivity index (χ0) is 12.7. The van der Waals surface area contributed by atoms with Gasteiger partial charge in [-0.1, -0.05) is 32.6 Å². The van der Waals surface area contributed by atoms with Gasteiger partial charge in [0, 0.05) is 6.04 Å². The molecule has 0 bridgehead atoms. The fraction of sp³-hybridized carbons (Fsp3) is 0.467. The van der Waals surface area contributed by atoms with E-state index in [0.717, 1.165) is 30.6 Å². The predicted octanol–water partition coefficient (Wildman–Crippen LogP) is 3.31. The zero-order valence-corrected chi connectivity index (χ0v) is 10.9. The molecule has 0 aliphatic heterocycles. The molecular formula is C15H23NO. The molecule has 0 aromatic heterocycles. The molecule has 1 atom stereocenters. The summed E-state index contributed by atoms with van der Waals surface area (Å²) in [6.45, 7) is 8.72. The Morgan fingerprint density at radius 1 is 1.41 bits per heavy atom. The van der Waals surface area contributed by atoms with Crippen LogP contribution in [0.3, 0.4) is 0 Å². The second kappa shape index (κ2) is 7.13. The summed E-state index contributed by atoms with van der Waals surface area (Å²) in [6.07, 6.45) is 2.86. The number of benzene rings is 1. The van der Waals surface area contributed by atoms with Gasteiger partial charge in [0.15, 0.2) is 0 Å². The minimum Gasteiger partial charge on any atom is -0.489 e. The molecule has 0 fully saturated rings. The molecule has 94 valence electrons. The van der Waals surface area contributed by atoms with E-state index in [0.29, 0.717) is 6.61 Å². The van der Waals surface area contributed by atoms with Gasteiger partial charge in [-0.2, -0.15) is 0 Å². The summed E-state index contributed by atoms with van der Waals surface area (Å²) in [4.78, 5) is 0. The number of nitrogens with two attached hydrogens (primary N) is 1. The van der Waals surface area contributed by atoms with Crippen LogP contribution < -0.4 is 10.5 Å². The molecule has 1 aromatic carbocycles. The molecule has 0 amide bonds. The van der Waals surface area contributed by atoms with Gasteiger partial charge in [-0.3, -0.25) is 0 Å². The molecule has 0 aliphatic rings. The van der Waals surface area contributed by atoms with E-state index in [-0.39, 0.29) is 6.04 Å². The lowest BCUT2D eigenvalue weighted by Gasteiger charge is -2.11. The van der Waals surface area contributed by atoms with Crippen molar-refractivity contribution in [2.24, 2.45) is 5.73 Å². The second-order valence-corrected chi connectivity index (χ2v) is 4.41. The molecule has 0 spiro atoms. The molecule has 2 nitrogen and oxygen atoms in total. The van der Waals surface area contributed by atoms with Crippen LogP contribution in [0.15, 0.2) is 36.4 Å². The average Bonchev–Trinajstić information content (AvgIpc) is 2.36. The predicted molar refractivity (Wildman–Crippen MR) is 73.3 cm³/mol. The molecule has 0 saturated heterocycles. The van der Waals surface area contributed by atoms with Crippen LogP contribution >= 0.6 is 0 Å². The molecule has 1 rings (SSSR count). The lowest BCUT2D eigenvalue weighted by molar-refractivity contribution is 0.348. The topological polar surface area (TPSA) is 35.2 Å². The van der Waals surface area contributed by atoms with Gasteiger partial charge in [0.2, 0.25) is 0 Å². The van der Waals surface area contributed by atoms with Gasteiger partial charge < -0.3 is 10.5 Å². The molecule has 1 aromatic rings. The van der Waals surface area contributed by atoms with Crippen molar-refractivity contribution in [2.75, 3.05) is 6.61 Å². The van der Waals surface area contributed by atoms with Crippen LogP contribution in [0.5, 0.6) is 5.75 Å². The Kier molecular flexibility index (Phi) is 5.78. The van der Waals surface area contributed by atoms with Crippen LogP contribution in [0.4, 0.5) is 0 Å². The molecule has 17 heavy (non-hydrogen) atoms. The lowest BCUT2D eigenvalue weighted by Crippen LogP contribution is -2.21. The van der Waals surface area contributed by atoms with E-state index in [9.17, 15) is 0 Å². The van der Waals surface area contributed by atoms with Crippen molar-refractivity contribution in [1.82, 2.24) is 0 Å². The summed E-state index contributed by atoms with van der Waals surface area (Å²) in [5, 5.41) is 0. The largest absolute Gasteiger partial charge is 0.489 e. The van der Waals surface area contributed by atoms with Crippen LogP contribution in [-0.2, 0) is 6.42 Å². The highest BCUT2D eigenvalue weighted by Gasteiger charge is 2.03. The van der Waals surface area contributed by atoms with E-state index < -0.39 is 0 Å². The van der Waals surface area contributed by atoms with Crippen molar-refractivity contribution >= 4 is 0 Å². The molecule has 0 saturated carbocycles. The van der Waals surface area contributed by atoms with E-state index in [2.05, 4.69) is 32.6 Å². The summed E-state index contributed by atoms with van der Waals surface area (Å²) in [6, 6.07) is 8.39. The fourth-order valence-electron chi connectivity index (χ4n) is 1.50. The zero-order valence-electron chi connectivity index (χ0n) is 10.9. The maximum Gasteiger partial charge on any atom is 0.120 e. The van der Waals surface area contributed by atoms with Gasteiger partial charge in [-0.15, -0.1) is 0 Å². The Morgan fingerprint density at radius 2 is 2.18 bits per heavy atom. The highest BCUT2D eigenvalue weighted by Crippen LogP contribution is 2.16. The van der Waals surface area contributed by atoms with Crippen molar-refractivity contribution in [3.63, 3.8) is 0 Å². The fourth-order valence-corrected chi connectivity index (χ4v) is 1.50. The number of rotatable bonds is 7. The first-order chi connectivity index (χ1) is 8.15. The van der Waals surface area contributed by atoms with Crippen molar-refractivity contribution in [3.05, 3.63) is 42.0 Å². The summed E-state index contributed by atoms with van der Waals surface area (Å²) in [5.41, 5.74) is 8.29. The first-order valence-electron chi connectivity index (χ1n) is 6.29. The third kappa shape index (κ3) is 5.05. The Hall–Kier alpha value is -1.28. The minimum atomic E-state index is 0.232. The third-order valence-corrected chi connectivity index (χ3v) is 2.86. The second-order valence-electron chi connectivity index (χ2n) is 4.41. The summed E-state index contributed by atoms with van der Waals surface area (Å²) >= 11 is 0.